The fourth-order valence-corrected chi connectivity index (χ4v) is 3.57. The maximum atomic E-state index is 13.1. The van der Waals surface area contributed by atoms with E-state index >= 15 is 0 Å². The lowest BCUT2D eigenvalue weighted by Gasteiger charge is -2.34. The van der Waals surface area contributed by atoms with Crippen LogP contribution < -0.4 is 0 Å². The average Bonchev–Trinajstić information content (AvgIpc) is 2.62. The quantitative estimate of drug-likeness (QED) is 0.691. The van der Waals surface area contributed by atoms with Crippen molar-refractivity contribution in [3.63, 3.8) is 0 Å². The molecule has 0 radical (unpaired) electrons. The molecule has 1 aromatic carbocycles. The van der Waals surface area contributed by atoms with Crippen molar-refractivity contribution in [2.24, 2.45) is 0 Å². The molecule has 2 rings (SSSR count). The van der Waals surface area contributed by atoms with Crippen LogP contribution in [0.5, 0.6) is 0 Å². The van der Waals surface area contributed by atoms with E-state index in [0.717, 1.165) is 25.7 Å². The van der Waals surface area contributed by atoms with Gasteiger partial charge < -0.3 is 9.64 Å². The van der Waals surface area contributed by atoms with Gasteiger partial charge in [0.15, 0.2) is 0 Å². The van der Waals surface area contributed by atoms with Gasteiger partial charge in [-0.15, -0.1) is 0 Å². The number of nitrogens with zero attached hydrogens (tertiary/aromatic N) is 1. The number of benzene rings is 1. The predicted octanol–water partition coefficient (Wildman–Crippen LogP) is 4.71. The number of hydrogen-bond donors (Lipinski definition) is 0. The lowest BCUT2D eigenvalue weighted by molar-refractivity contribution is -0.143. The van der Waals surface area contributed by atoms with Gasteiger partial charge in [0.1, 0.15) is 0 Å². The molecule has 1 aromatic rings. The van der Waals surface area contributed by atoms with Crippen LogP contribution in [0.15, 0.2) is 24.3 Å². The van der Waals surface area contributed by atoms with Gasteiger partial charge in [-0.3, -0.25) is 9.59 Å². The molecule has 1 amide bonds. The van der Waals surface area contributed by atoms with E-state index in [9.17, 15) is 9.59 Å². The summed E-state index contributed by atoms with van der Waals surface area (Å²) in [5.74, 6) is -0.203. The van der Waals surface area contributed by atoms with Gasteiger partial charge in [0, 0.05) is 18.2 Å². The van der Waals surface area contributed by atoms with Crippen LogP contribution in [-0.4, -0.2) is 36.0 Å². The van der Waals surface area contributed by atoms with E-state index in [-0.39, 0.29) is 29.8 Å². The molecule has 1 aliphatic carbocycles. The lowest BCUT2D eigenvalue weighted by atomic mass is 9.86. The summed E-state index contributed by atoms with van der Waals surface area (Å²) in [6.45, 7) is 9.11. The van der Waals surface area contributed by atoms with Crippen molar-refractivity contribution >= 4 is 11.9 Å². The highest BCUT2D eigenvalue weighted by Gasteiger charge is 2.27. The Hall–Kier alpha value is -1.84. The molecule has 1 fully saturated rings. The smallest absolute Gasteiger partial charge is 0.307 e. The van der Waals surface area contributed by atoms with Gasteiger partial charge in [0.05, 0.1) is 13.0 Å². The zero-order valence-corrected chi connectivity index (χ0v) is 16.7. The number of carbonyl (C=O) groups is 2. The van der Waals surface area contributed by atoms with Gasteiger partial charge >= 0.3 is 5.97 Å². The highest BCUT2D eigenvalue weighted by atomic mass is 16.5. The van der Waals surface area contributed by atoms with Crippen molar-refractivity contribution in [3.8, 4) is 0 Å². The molecule has 144 valence electrons. The minimum atomic E-state index is -0.232. The third-order valence-electron chi connectivity index (χ3n) is 5.14. The van der Waals surface area contributed by atoms with E-state index in [2.05, 4.69) is 20.8 Å². The Morgan fingerprint density at radius 1 is 1.08 bits per heavy atom. The molecule has 0 unspecified atom stereocenters. The summed E-state index contributed by atoms with van der Waals surface area (Å²) in [6.07, 6.45) is 5.84. The first-order valence-corrected chi connectivity index (χ1v) is 9.90. The summed E-state index contributed by atoms with van der Waals surface area (Å²) < 4.78 is 5.04. The fraction of sp³-hybridized carbons (Fsp3) is 0.636. The van der Waals surface area contributed by atoms with Gasteiger partial charge in [-0.05, 0) is 42.9 Å². The minimum Gasteiger partial charge on any atom is -0.466 e. The van der Waals surface area contributed by atoms with E-state index in [1.54, 1.807) is 6.92 Å². The Morgan fingerprint density at radius 2 is 1.69 bits per heavy atom. The molecule has 0 bridgehead atoms. The normalized spacial score (nSPS) is 15.5. The maximum absolute atomic E-state index is 13.1. The second-order valence-corrected chi connectivity index (χ2v) is 8.17. The molecular weight excluding hydrogens is 326 g/mol. The van der Waals surface area contributed by atoms with Crippen LogP contribution in [0.2, 0.25) is 0 Å². The number of ether oxygens (including phenoxy) is 1. The molecule has 1 saturated carbocycles. The molecule has 0 saturated heterocycles. The van der Waals surface area contributed by atoms with E-state index in [0.29, 0.717) is 18.7 Å². The van der Waals surface area contributed by atoms with E-state index in [4.69, 9.17) is 4.74 Å². The Labute approximate surface area is 157 Å². The monoisotopic (exact) mass is 359 g/mol. The summed E-state index contributed by atoms with van der Waals surface area (Å²) in [6, 6.07) is 8.15. The number of rotatable bonds is 6. The average molecular weight is 360 g/mol. The standard InChI is InChI=1S/C22H33NO3/c1-5-26-20(24)15-16-23(19-9-7-6-8-10-19)21(25)17-11-13-18(14-12-17)22(2,3)4/h11-14,19H,5-10,15-16H2,1-4H3. The molecule has 0 aliphatic heterocycles. The summed E-state index contributed by atoms with van der Waals surface area (Å²) in [5.41, 5.74) is 1.98. The van der Waals surface area contributed by atoms with Crippen molar-refractivity contribution < 1.29 is 14.3 Å². The van der Waals surface area contributed by atoms with Crippen molar-refractivity contribution in [2.45, 2.75) is 77.7 Å². The number of carbonyl (C=O) groups excluding carboxylic acids is 2. The molecule has 4 heteroatoms. The van der Waals surface area contributed by atoms with Gasteiger partial charge in [-0.25, -0.2) is 0 Å². The summed E-state index contributed by atoms with van der Waals surface area (Å²) >= 11 is 0. The van der Waals surface area contributed by atoms with Crippen molar-refractivity contribution in [2.75, 3.05) is 13.2 Å². The number of amides is 1. The van der Waals surface area contributed by atoms with Gasteiger partial charge in [-0.1, -0.05) is 52.2 Å². The SMILES string of the molecule is CCOC(=O)CCN(C(=O)c1ccc(C(C)(C)C)cc1)C1CCCCC1. The van der Waals surface area contributed by atoms with Gasteiger partial charge in [0.25, 0.3) is 5.91 Å². The summed E-state index contributed by atoms with van der Waals surface area (Å²) in [4.78, 5) is 26.8. The molecule has 0 N–H and O–H groups in total. The molecule has 4 nitrogen and oxygen atoms in total. The van der Waals surface area contributed by atoms with Crippen molar-refractivity contribution in [1.29, 1.82) is 0 Å². The molecule has 0 spiro atoms. The van der Waals surface area contributed by atoms with Gasteiger partial charge in [-0.2, -0.15) is 0 Å². The van der Waals surface area contributed by atoms with E-state index < -0.39 is 0 Å². The second kappa shape index (κ2) is 9.20. The van der Waals surface area contributed by atoms with Crippen LogP contribution in [-0.2, 0) is 14.9 Å². The molecule has 0 atom stereocenters. The Morgan fingerprint density at radius 3 is 2.23 bits per heavy atom. The highest BCUT2D eigenvalue weighted by molar-refractivity contribution is 5.94. The predicted molar refractivity (Wildman–Crippen MR) is 104 cm³/mol. The highest BCUT2D eigenvalue weighted by Crippen LogP contribution is 2.26. The summed E-state index contributed by atoms with van der Waals surface area (Å²) in [7, 11) is 0. The number of hydrogen-bond acceptors (Lipinski definition) is 3. The zero-order chi connectivity index (χ0) is 19.2. The van der Waals surface area contributed by atoms with Crippen LogP contribution >= 0.6 is 0 Å². The molecule has 0 aromatic heterocycles. The third-order valence-corrected chi connectivity index (χ3v) is 5.14. The van der Waals surface area contributed by atoms with Crippen LogP contribution in [0.4, 0.5) is 0 Å². The minimum absolute atomic E-state index is 0.0293. The van der Waals surface area contributed by atoms with Crippen LogP contribution in [0.25, 0.3) is 0 Å². The van der Waals surface area contributed by atoms with Crippen molar-refractivity contribution in [1.82, 2.24) is 4.90 Å². The van der Waals surface area contributed by atoms with Gasteiger partial charge in [0.2, 0.25) is 0 Å². The van der Waals surface area contributed by atoms with Crippen LogP contribution in [0.3, 0.4) is 0 Å². The van der Waals surface area contributed by atoms with Crippen molar-refractivity contribution in [3.05, 3.63) is 35.4 Å². The third kappa shape index (κ3) is 5.58. The van der Waals surface area contributed by atoms with Crippen LogP contribution in [0, 0.1) is 0 Å². The Balaban J connectivity index is 2.14. The lowest BCUT2D eigenvalue weighted by Crippen LogP contribution is -2.42. The molecule has 1 aliphatic rings. The molecule has 26 heavy (non-hydrogen) atoms. The first kappa shape index (κ1) is 20.5. The van der Waals surface area contributed by atoms with E-state index in [1.165, 1.54) is 12.0 Å². The zero-order valence-electron chi connectivity index (χ0n) is 16.7. The van der Waals surface area contributed by atoms with Crippen LogP contribution in [0.1, 0.15) is 82.1 Å². The maximum Gasteiger partial charge on any atom is 0.307 e. The Kier molecular flexibility index (Phi) is 7.24. The largest absolute Gasteiger partial charge is 0.466 e. The molecular formula is C22H33NO3. The first-order chi connectivity index (χ1) is 12.3. The topological polar surface area (TPSA) is 46.6 Å². The Bertz CT molecular complexity index is 595. The summed E-state index contributed by atoms with van der Waals surface area (Å²) in [5, 5.41) is 0. The van der Waals surface area contributed by atoms with E-state index in [1.807, 2.05) is 29.2 Å². The number of esters is 1. The molecule has 0 heterocycles. The second-order valence-electron chi connectivity index (χ2n) is 8.17. The fourth-order valence-electron chi connectivity index (χ4n) is 3.57. The first-order valence-electron chi connectivity index (χ1n) is 9.90.